The van der Waals surface area contributed by atoms with Gasteiger partial charge in [-0.3, -0.25) is 19.3 Å². The molecule has 1 unspecified atom stereocenters. The third-order valence-electron chi connectivity index (χ3n) is 4.69. The molecule has 1 atom stereocenters. The first-order chi connectivity index (χ1) is 11.4. The van der Waals surface area contributed by atoms with E-state index in [1.54, 1.807) is 18.2 Å². The Bertz CT molecular complexity index is 683. The summed E-state index contributed by atoms with van der Waals surface area (Å²) in [5.41, 5.74) is 7.15. The third-order valence-corrected chi connectivity index (χ3v) is 5.55. The Morgan fingerprint density at radius 2 is 2.12 bits per heavy atom. The fourth-order valence-corrected chi connectivity index (χ4v) is 3.79. The van der Waals surface area contributed by atoms with Crippen LogP contribution in [0.2, 0.25) is 0 Å². The number of halogens is 1. The van der Waals surface area contributed by atoms with Crippen molar-refractivity contribution in [1.82, 2.24) is 9.80 Å². The lowest BCUT2D eigenvalue weighted by Crippen LogP contribution is -2.34. The highest BCUT2D eigenvalue weighted by Crippen LogP contribution is 2.29. The van der Waals surface area contributed by atoms with Gasteiger partial charge in [0.25, 0.3) is 11.1 Å². The van der Waals surface area contributed by atoms with E-state index in [9.17, 15) is 14.4 Å². The minimum absolute atomic E-state index is 0. The van der Waals surface area contributed by atoms with Gasteiger partial charge in [-0.05, 0) is 36.1 Å². The van der Waals surface area contributed by atoms with Crippen molar-refractivity contribution >= 4 is 41.2 Å². The molecule has 1 aromatic carbocycles. The van der Waals surface area contributed by atoms with Crippen molar-refractivity contribution in [3.63, 3.8) is 0 Å². The second kappa shape index (κ2) is 7.76. The van der Waals surface area contributed by atoms with Crippen molar-refractivity contribution in [2.24, 2.45) is 11.1 Å². The van der Waals surface area contributed by atoms with Gasteiger partial charge in [0.1, 0.15) is 0 Å². The van der Waals surface area contributed by atoms with E-state index < -0.39 is 0 Å². The van der Waals surface area contributed by atoms with Crippen molar-refractivity contribution in [3.05, 3.63) is 35.4 Å². The highest BCUT2D eigenvalue weighted by molar-refractivity contribution is 8.14. The SMILES string of the molecule is CC1(CN)CCN(C(=O)c2cccc(CN3C(=O)CSC3=O)c2)C1.Cl. The molecule has 136 valence electrons. The fraction of sp³-hybridized carbons (Fsp3) is 0.471. The average molecular weight is 384 g/mol. The smallest absolute Gasteiger partial charge is 0.289 e. The van der Waals surface area contributed by atoms with Crippen molar-refractivity contribution in [1.29, 1.82) is 0 Å². The highest BCUT2D eigenvalue weighted by Gasteiger charge is 2.35. The van der Waals surface area contributed by atoms with E-state index in [4.69, 9.17) is 5.73 Å². The van der Waals surface area contributed by atoms with Crippen LogP contribution in [-0.2, 0) is 11.3 Å². The molecule has 2 aliphatic heterocycles. The van der Waals surface area contributed by atoms with Crippen molar-refractivity contribution in [2.45, 2.75) is 19.9 Å². The average Bonchev–Trinajstić information content (AvgIpc) is 3.13. The zero-order valence-electron chi connectivity index (χ0n) is 14.1. The minimum Gasteiger partial charge on any atom is -0.338 e. The van der Waals surface area contributed by atoms with Crippen LogP contribution in [0.25, 0.3) is 0 Å². The fourth-order valence-electron chi connectivity index (χ4n) is 3.07. The summed E-state index contributed by atoms with van der Waals surface area (Å²) in [6, 6.07) is 7.16. The summed E-state index contributed by atoms with van der Waals surface area (Å²) in [5.74, 6) is -0.00873. The first kappa shape index (κ1) is 19.8. The predicted molar refractivity (Wildman–Crippen MR) is 99.8 cm³/mol. The van der Waals surface area contributed by atoms with Crippen LogP contribution in [0.15, 0.2) is 24.3 Å². The van der Waals surface area contributed by atoms with Gasteiger partial charge in [0.15, 0.2) is 0 Å². The van der Waals surface area contributed by atoms with Gasteiger partial charge < -0.3 is 10.6 Å². The zero-order chi connectivity index (χ0) is 17.3. The Balaban J connectivity index is 0.00000225. The van der Waals surface area contributed by atoms with Gasteiger partial charge in [0.2, 0.25) is 5.91 Å². The van der Waals surface area contributed by atoms with Crippen LogP contribution in [0.5, 0.6) is 0 Å². The van der Waals surface area contributed by atoms with E-state index in [1.807, 2.05) is 11.0 Å². The summed E-state index contributed by atoms with van der Waals surface area (Å²) in [5, 5.41) is -0.227. The Hall–Kier alpha value is -1.57. The van der Waals surface area contributed by atoms with Gasteiger partial charge >= 0.3 is 0 Å². The summed E-state index contributed by atoms with van der Waals surface area (Å²) in [7, 11) is 0. The summed E-state index contributed by atoms with van der Waals surface area (Å²) < 4.78 is 0. The Labute approximate surface area is 157 Å². The number of imide groups is 1. The summed E-state index contributed by atoms with van der Waals surface area (Å²) in [4.78, 5) is 39.2. The number of carbonyl (C=O) groups is 3. The molecule has 0 radical (unpaired) electrons. The van der Waals surface area contributed by atoms with Gasteiger partial charge in [-0.2, -0.15) is 0 Å². The quantitative estimate of drug-likeness (QED) is 0.860. The molecule has 1 aromatic rings. The lowest BCUT2D eigenvalue weighted by molar-refractivity contribution is -0.125. The number of carbonyl (C=O) groups excluding carboxylic acids is 3. The maximum Gasteiger partial charge on any atom is 0.289 e. The largest absolute Gasteiger partial charge is 0.338 e. The standard InChI is InChI=1S/C17H21N3O3S.ClH/c1-17(10-18)5-6-19(11-17)15(22)13-4-2-3-12(7-13)8-20-14(21)9-24-16(20)23;/h2-4,7H,5-6,8-11,18H2,1H3;1H. The second-order valence-corrected chi connectivity index (χ2v) is 7.65. The Morgan fingerprint density at radius 1 is 1.36 bits per heavy atom. The van der Waals surface area contributed by atoms with Crippen LogP contribution in [-0.4, -0.2) is 52.2 Å². The van der Waals surface area contributed by atoms with E-state index in [0.717, 1.165) is 23.7 Å². The van der Waals surface area contributed by atoms with Crippen LogP contribution < -0.4 is 5.73 Å². The maximum absolute atomic E-state index is 12.7. The lowest BCUT2D eigenvalue weighted by Gasteiger charge is -2.22. The molecule has 0 bridgehead atoms. The van der Waals surface area contributed by atoms with Crippen LogP contribution in [0.3, 0.4) is 0 Å². The van der Waals surface area contributed by atoms with Crippen LogP contribution >= 0.6 is 24.2 Å². The number of amides is 3. The minimum atomic E-state index is -0.227. The number of hydrogen-bond acceptors (Lipinski definition) is 5. The molecule has 0 aliphatic carbocycles. The summed E-state index contributed by atoms with van der Waals surface area (Å²) in [6.45, 7) is 4.24. The van der Waals surface area contributed by atoms with Gasteiger partial charge in [-0.25, -0.2) is 0 Å². The maximum atomic E-state index is 12.7. The van der Waals surface area contributed by atoms with Crippen LogP contribution in [0, 0.1) is 5.41 Å². The summed E-state index contributed by atoms with van der Waals surface area (Å²) >= 11 is 1.02. The number of likely N-dealkylation sites (tertiary alicyclic amines) is 1. The molecular weight excluding hydrogens is 362 g/mol. The molecule has 0 spiro atoms. The molecule has 6 nitrogen and oxygen atoms in total. The summed E-state index contributed by atoms with van der Waals surface area (Å²) in [6.07, 6.45) is 0.906. The van der Waals surface area contributed by atoms with Crippen LogP contribution in [0.1, 0.15) is 29.3 Å². The Kier molecular flexibility index (Phi) is 6.13. The van der Waals surface area contributed by atoms with Crippen molar-refractivity contribution in [3.8, 4) is 0 Å². The number of nitrogens with two attached hydrogens (primary N) is 1. The lowest BCUT2D eigenvalue weighted by atomic mass is 9.90. The number of hydrogen-bond donors (Lipinski definition) is 1. The molecule has 3 amide bonds. The number of thioether (sulfide) groups is 1. The molecule has 2 fully saturated rings. The Morgan fingerprint density at radius 3 is 2.72 bits per heavy atom. The monoisotopic (exact) mass is 383 g/mol. The van der Waals surface area contributed by atoms with E-state index >= 15 is 0 Å². The molecule has 2 aliphatic rings. The van der Waals surface area contributed by atoms with Crippen molar-refractivity contribution < 1.29 is 14.4 Å². The molecule has 0 aromatic heterocycles. The third kappa shape index (κ3) is 4.16. The number of nitrogens with zero attached hydrogens (tertiary/aromatic N) is 2. The molecule has 0 saturated carbocycles. The van der Waals surface area contributed by atoms with E-state index in [-0.39, 0.29) is 47.2 Å². The second-order valence-electron chi connectivity index (χ2n) is 6.73. The van der Waals surface area contributed by atoms with Crippen LogP contribution in [0.4, 0.5) is 4.79 Å². The molecule has 2 N–H and O–H groups in total. The molecule has 8 heteroatoms. The van der Waals surface area contributed by atoms with E-state index in [2.05, 4.69) is 6.92 Å². The number of rotatable bonds is 4. The normalized spacial score (nSPS) is 23.1. The molecule has 25 heavy (non-hydrogen) atoms. The molecular formula is C17H22ClN3O3S. The number of benzene rings is 1. The zero-order valence-corrected chi connectivity index (χ0v) is 15.7. The molecule has 2 saturated heterocycles. The first-order valence-corrected chi connectivity index (χ1v) is 8.96. The van der Waals surface area contributed by atoms with Gasteiger partial charge in [0, 0.05) is 18.7 Å². The van der Waals surface area contributed by atoms with Gasteiger partial charge in [-0.15, -0.1) is 12.4 Å². The van der Waals surface area contributed by atoms with E-state index in [0.29, 0.717) is 25.2 Å². The first-order valence-electron chi connectivity index (χ1n) is 7.97. The predicted octanol–water partition coefficient (Wildman–Crippen LogP) is 2.11. The van der Waals surface area contributed by atoms with Gasteiger partial charge in [0.05, 0.1) is 12.3 Å². The topological polar surface area (TPSA) is 83.7 Å². The van der Waals surface area contributed by atoms with E-state index in [1.165, 1.54) is 4.90 Å². The molecule has 2 heterocycles. The van der Waals surface area contributed by atoms with Gasteiger partial charge in [-0.1, -0.05) is 30.8 Å². The van der Waals surface area contributed by atoms with Crippen molar-refractivity contribution in [2.75, 3.05) is 25.4 Å². The highest BCUT2D eigenvalue weighted by atomic mass is 35.5. The molecule has 3 rings (SSSR count).